The van der Waals surface area contributed by atoms with Gasteiger partial charge in [0.15, 0.2) is 11.5 Å². The second kappa shape index (κ2) is 4.86. The maximum Gasteiger partial charge on any atom is 0.204 e. The first-order chi connectivity index (χ1) is 10.1. The Hall–Kier alpha value is -2.95. The van der Waals surface area contributed by atoms with E-state index in [2.05, 4.69) is 0 Å². The topological polar surface area (TPSA) is 79.9 Å². The largest absolute Gasteiger partial charge is 0.508 e. The van der Waals surface area contributed by atoms with Crippen LogP contribution in [-0.4, -0.2) is 17.3 Å². The number of phenols is 2. The van der Waals surface area contributed by atoms with E-state index in [9.17, 15) is 15.0 Å². The van der Waals surface area contributed by atoms with E-state index in [0.717, 1.165) is 0 Å². The molecule has 0 aliphatic heterocycles. The molecule has 5 nitrogen and oxygen atoms in total. The second-order valence-electron chi connectivity index (χ2n) is 4.51. The van der Waals surface area contributed by atoms with Crippen LogP contribution in [0, 0.1) is 0 Å². The van der Waals surface area contributed by atoms with Crippen molar-refractivity contribution in [2.75, 3.05) is 7.11 Å². The van der Waals surface area contributed by atoms with Gasteiger partial charge in [-0.05, 0) is 29.8 Å². The van der Waals surface area contributed by atoms with Crippen LogP contribution in [-0.2, 0) is 0 Å². The van der Waals surface area contributed by atoms with E-state index < -0.39 is 0 Å². The molecule has 3 rings (SSSR count). The highest BCUT2D eigenvalue weighted by atomic mass is 16.5. The lowest BCUT2D eigenvalue weighted by Crippen LogP contribution is -2.05. The van der Waals surface area contributed by atoms with E-state index in [-0.39, 0.29) is 33.6 Å². The molecule has 0 unspecified atom stereocenters. The lowest BCUT2D eigenvalue weighted by Gasteiger charge is -2.07. The Morgan fingerprint density at radius 3 is 2.43 bits per heavy atom. The molecule has 1 aromatic heterocycles. The van der Waals surface area contributed by atoms with Gasteiger partial charge in [0.1, 0.15) is 23.0 Å². The minimum Gasteiger partial charge on any atom is -0.508 e. The predicted octanol–water partition coefficient (Wildman–Crippen LogP) is 2.88. The number of hydrogen-bond donors (Lipinski definition) is 2. The molecule has 0 aliphatic carbocycles. The Morgan fingerprint density at radius 1 is 1.05 bits per heavy atom. The first-order valence-electron chi connectivity index (χ1n) is 6.22. The van der Waals surface area contributed by atoms with Gasteiger partial charge in [0, 0.05) is 0 Å². The van der Waals surface area contributed by atoms with Gasteiger partial charge in [0.2, 0.25) is 5.43 Å². The Bertz CT molecular complexity index is 862. The van der Waals surface area contributed by atoms with Crippen LogP contribution in [0.25, 0.3) is 22.1 Å². The molecular formula is C16H12O5. The Kier molecular flexibility index (Phi) is 3.02. The van der Waals surface area contributed by atoms with Crippen molar-refractivity contribution in [3.8, 4) is 28.4 Å². The minimum atomic E-state index is -0.363. The van der Waals surface area contributed by atoms with Crippen LogP contribution < -0.4 is 10.2 Å². The van der Waals surface area contributed by atoms with Crippen molar-refractivity contribution in [2.45, 2.75) is 0 Å². The van der Waals surface area contributed by atoms with E-state index in [4.69, 9.17) is 9.15 Å². The van der Waals surface area contributed by atoms with Gasteiger partial charge >= 0.3 is 0 Å². The van der Waals surface area contributed by atoms with Crippen molar-refractivity contribution >= 4 is 11.0 Å². The molecule has 1 heterocycles. The van der Waals surface area contributed by atoms with Crippen molar-refractivity contribution in [1.82, 2.24) is 0 Å². The zero-order valence-electron chi connectivity index (χ0n) is 11.2. The number of ether oxygens (including phenoxy) is 1. The van der Waals surface area contributed by atoms with Crippen molar-refractivity contribution in [3.05, 3.63) is 52.9 Å². The fraction of sp³-hybridized carbons (Fsp3) is 0.0625. The van der Waals surface area contributed by atoms with Gasteiger partial charge in [-0.1, -0.05) is 12.1 Å². The zero-order chi connectivity index (χ0) is 15.0. The summed E-state index contributed by atoms with van der Waals surface area (Å²) in [7, 11) is 1.41. The highest BCUT2D eigenvalue weighted by Crippen LogP contribution is 2.33. The lowest BCUT2D eigenvalue weighted by atomic mass is 10.0. The monoisotopic (exact) mass is 284 g/mol. The highest BCUT2D eigenvalue weighted by molar-refractivity contribution is 5.89. The molecular weight excluding hydrogens is 272 g/mol. The van der Waals surface area contributed by atoms with Gasteiger partial charge in [0.25, 0.3) is 0 Å². The molecule has 0 atom stereocenters. The lowest BCUT2D eigenvalue weighted by molar-refractivity contribution is 0.376. The summed E-state index contributed by atoms with van der Waals surface area (Å²) in [5.74, 6) is 0.0653. The molecule has 0 fully saturated rings. The summed E-state index contributed by atoms with van der Waals surface area (Å²) in [6.45, 7) is 0. The first-order valence-corrected chi connectivity index (χ1v) is 6.22. The van der Waals surface area contributed by atoms with Gasteiger partial charge < -0.3 is 19.4 Å². The summed E-state index contributed by atoms with van der Waals surface area (Å²) >= 11 is 0. The third-order valence-electron chi connectivity index (χ3n) is 3.28. The second-order valence-corrected chi connectivity index (χ2v) is 4.51. The van der Waals surface area contributed by atoms with Crippen molar-refractivity contribution in [1.29, 1.82) is 0 Å². The summed E-state index contributed by atoms with van der Waals surface area (Å²) in [5.41, 5.74) is 0.802. The molecule has 2 aromatic carbocycles. The fourth-order valence-corrected chi connectivity index (χ4v) is 2.19. The predicted molar refractivity (Wildman–Crippen MR) is 77.8 cm³/mol. The van der Waals surface area contributed by atoms with E-state index in [1.54, 1.807) is 18.2 Å². The quantitative estimate of drug-likeness (QED) is 0.756. The van der Waals surface area contributed by atoms with Gasteiger partial charge in [-0.3, -0.25) is 4.79 Å². The Balaban J connectivity index is 2.31. The number of rotatable bonds is 2. The van der Waals surface area contributed by atoms with Gasteiger partial charge in [-0.2, -0.15) is 0 Å². The van der Waals surface area contributed by atoms with E-state index >= 15 is 0 Å². The Labute approximate surface area is 119 Å². The van der Waals surface area contributed by atoms with Crippen LogP contribution >= 0.6 is 0 Å². The molecule has 106 valence electrons. The fourth-order valence-electron chi connectivity index (χ4n) is 2.19. The summed E-state index contributed by atoms with van der Waals surface area (Å²) in [5, 5.41) is 19.5. The van der Waals surface area contributed by atoms with Gasteiger partial charge in [-0.25, -0.2) is 0 Å². The average Bonchev–Trinajstić information content (AvgIpc) is 2.49. The van der Waals surface area contributed by atoms with Crippen LogP contribution in [0.3, 0.4) is 0 Å². The molecule has 2 N–H and O–H groups in total. The number of aromatic hydroxyl groups is 2. The van der Waals surface area contributed by atoms with Crippen LogP contribution in [0.2, 0.25) is 0 Å². The minimum absolute atomic E-state index is 0.0694. The summed E-state index contributed by atoms with van der Waals surface area (Å²) < 4.78 is 10.4. The summed E-state index contributed by atoms with van der Waals surface area (Å²) in [6, 6.07) is 9.25. The maximum atomic E-state index is 12.6. The number of phenolic OH excluding ortho intramolecular Hbond substituents is 2. The summed E-state index contributed by atoms with van der Waals surface area (Å²) in [6.07, 6.45) is 1.34. The number of benzene rings is 2. The molecule has 0 saturated heterocycles. The normalized spacial score (nSPS) is 10.7. The standard InChI is InChI=1S/C16H12O5/c1-20-13-7-6-12-14(16(13)19)15(18)11(8-21-12)9-2-4-10(17)5-3-9/h2-8,17,19H,1H3. The van der Waals surface area contributed by atoms with Crippen molar-refractivity contribution in [2.24, 2.45) is 0 Å². The molecule has 3 aromatic rings. The van der Waals surface area contributed by atoms with Crippen molar-refractivity contribution in [3.63, 3.8) is 0 Å². The summed E-state index contributed by atoms with van der Waals surface area (Å²) in [4.78, 5) is 12.6. The highest BCUT2D eigenvalue weighted by Gasteiger charge is 2.15. The zero-order valence-corrected chi connectivity index (χ0v) is 11.2. The average molecular weight is 284 g/mol. The molecule has 0 spiro atoms. The van der Waals surface area contributed by atoms with E-state index in [1.807, 2.05) is 0 Å². The van der Waals surface area contributed by atoms with Crippen LogP contribution in [0.4, 0.5) is 0 Å². The van der Waals surface area contributed by atoms with Crippen LogP contribution in [0.1, 0.15) is 0 Å². The van der Waals surface area contributed by atoms with Crippen LogP contribution in [0.15, 0.2) is 51.9 Å². The molecule has 0 bridgehead atoms. The molecule has 0 aliphatic rings. The smallest absolute Gasteiger partial charge is 0.204 e. The van der Waals surface area contributed by atoms with Crippen molar-refractivity contribution < 1.29 is 19.4 Å². The van der Waals surface area contributed by atoms with Gasteiger partial charge in [0.05, 0.1) is 12.7 Å². The van der Waals surface area contributed by atoms with E-state index in [0.29, 0.717) is 11.1 Å². The number of methoxy groups -OCH3 is 1. The molecule has 0 radical (unpaired) electrons. The third-order valence-corrected chi connectivity index (χ3v) is 3.28. The first kappa shape index (κ1) is 13.1. The van der Waals surface area contributed by atoms with Crippen LogP contribution in [0.5, 0.6) is 17.2 Å². The number of hydrogen-bond acceptors (Lipinski definition) is 5. The number of fused-ring (bicyclic) bond motifs is 1. The third kappa shape index (κ3) is 2.08. The maximum absolute atomic E-state index is 12.6. The Morgan fingerprint density at radius 2 is 1.76 bits per heavy atom. The molecule has 0 saturated carbocycles. The molecule has 21 heavy (non-hydrogen) atoms. The molecule has 5 heteroatoms. The SMILES string of the molecule is COc1ccc2occ(-c3ccc(O)cc3)c(=O)c2c1O. The van der Waals surface area contributed by atoms with E-state index in [1.165, 1.54) is 31.6 Å². The van der Waals surface area contributed by atoms with Gasteiger partial charge in [-0.15, -0.1) is 0 Å². The molecule has 0 amide bonds.